The summed E-state index contributed by atoms with van der Waals surface area (Å²) in [5.41, 5.74) is 0. The summed E-state index contributed by atoms with van der Waals surface area (Å²) in [5, 5.41) is -0.0775. The molecular formula is C3H3Cl3OS2. The van der Waals surface area contributed by atoms with Crippen LogP contribution in [0.15, 0.2) is 0 Å². The van der Waals surface area contributed by atoms with Crippen LogP contribution in [0.1, 0.15) is 6.92 Å². The maximum atomic E-state index is 10.3. The normalized spacial score (nSPS) is 11.6. The van der Waals surface area contributed by atoms with Crippen LogP contribution in [0.5, 0.6) is 0 Å². The van der Waals surface area contributed by atoms with Crippen LogP contribution in [-0.2, 0) is 4.79 Å². The Labute approximate surface area is 76.2 Å². The average Bonchev–Trinajstić information content (AvgIpc) is 1.59. The van der Waals surface area contributed by atoms with E-state index in [1.807, 2.05) is 0 Å². The summed E-state index contributed by atoms with van der Waals surface area (Å²) in [6, 6.07) is 0. The smallest absolute Gasteiger partial charge is 0.247 e. The summed E-state index contributed by atoms with van der Waals surface area (Å²) in [6.45, 7) is 1.41. The van der Waals surface area contributed by atoms with Crippen molar-refractivity contribution in [2.75, 3.05) is 0 Å². The van der Waals surface area contributed by atoms with Gasteiger partial charge in [-0.1, -0.05) is 34.8 Å². The van der Waals surface area contributed by atoms with Gasteiger partial charge in [0.05, 0.1) is 0 Å². The zero-order valence-corrected chi connectivity index (χ0v) is 8.26. The fraction of sp³-hybridized carbons (Fsp3) is 0.667. The lowest BCUT2D eigenvalue weighted by Crippen LogP contribution is -1.91. The minimum absolute atomic E-state index is 0.0775. The lowest BCUT2D eigenvalue weighted by atomic mass is 10.9. The monoisotopic (exact) mass is 224 g/mol. The summed E-state index contributed by atoms with van der Waals surface area (Å²) >= 11 is 15.9. The molecule has 0 aromatic heterocycles. The molecule has 0 radical (unpaired) electrons. The molecule has 0 aliphatic rings. The van der Waals surface area contributed by atoms with Gasteiger partial charge < -0.3 is 0 Å². The van der Waals surface area contributed by atoms with Gasteiger partial charge >= 0.3 is 0 Å². The minimum atomic E-state index is -1.39. The Morgan fingerprint density at radius 1 is 1.44 bits per heavy atom. The fourth-order valence-electron chi connectivity index (χ4n) is 0.106. The van der Waals surface area contributed by atoms with Crippen molar-refractivity contribution in [1.82, 2.24) is 0 Å². The van der Waals surface area contributed by atoms with Gasteiger partial charge in [0.1, 0.15) is 0 Å². The van der Waals surface area contributed by atoms with Crippen LogP contribution in [0.2, 0.25) is 0 Å². The molecule has 0 aromatic carbocycles. The summed E-state index contributed by atoms with van der Waals surface area (Å²) < 4.78 is -1.39. The van der Waals surface area contributed by atoms with Gasteiger partial charge in [0.25, 0.3) is 0 Å². The standard InChI is InChI=1S/C3H3Cl3OS2/c1-2(7)8-9-3(4,5)6/h1H3. The molecule has 0 spiro atoms. The first-order valence-electron chi connectivity index (χ1n) is 1.85. The van der Waals surface area contributed by atoms with Crippen molar-refractivity contribution in [2.24, 2.45) is 0 Å². The van der Waals surface area contributed by atoms with Crippen LogP contribution < -0.4 is 0 Å². The van der Waals surface area contributed by atoms with Gasteiger partial charge in [0.2, 0.25) is 3.12 Å². The van der Waals surface area contributed by atoms with Crippen molar-refractivity contribution < 1.29 is 4.79 Å². The van der Waals surface area contributed by atoms with Gasteiger partial charge in [-0.15, -0.1) is 0 Å². The molecule has 0 saturated carbocycles. The Hall–Kier alpha value is 1.24. The molecular weight excluding hydrogens is 223 g/mol. The van der Waals surface area contributed by atoms with Crippen molar-refractivity contribution >= 4 is 61.5 Å². The summed E-state index contributed by atoms with van der Waals surface area (Å²) in [6.07, 6.45) is 0. The highest BCUT2D eigenvalue weighted by atomic mass is 35.6. The minimum Gasteiger partial charge on any atom is -0.287 e. The van der Waals surface area contributed by atoms with Crippen molar-refractivity contribution in [1.29, 1.82) is 0 Å². The van der Waals surface area contributed by atoms with E-state index in [2.05, 4.69) is 0 Å². The highest BCUT2D eigenvalue weighted by Gasteiger charge is 2.21. The van der Waals surface area contributed by atoms with E-state index in [4.69, 9.17) is 34.8 Å². The van der Waals surface area contributed by atoms with Gasteiger partial charge in [-0.3, -0.25) is 4.79 Å². The Morgan fingerprint density at radius 2 is 1.89 bits per heavy atom. The molecule has 54 valence electrons. The second-order valence-electron chi connectivity index (χ2n) is 1.10. The first-order chi connectivity index (χ1) is 3.92. The van der Waals surface area contributed by atoms with Gasteiger partial charge in [-0.05, 0) is 21.6 Å². The van der Waals surface area contributed by atoms with Crippen LogP contribution in [0.4, 0.5) is 0 Å². The second-order valence-corrected chi connectivity index (χ2v) is 6.58. The van der Waals surface area contributed by atoms with Crippen molar-refractivity contribution in [2.45, 2.75) is 10.0 Å². The number of hydrogen-bond donors (Lipinski definition) is 0. The Balaban J connectivity index is 3.39. The van der Waals surface area contributed by atoms with Crippen LogP contribution in [0.25, 0.3) is 0 Å². The lowest BCUT2D eigenvalue weighted by Gasteiger charge is -2.05. The molecule has 6 heteroatoms. The Kier molecular flexibility index (Phi) is 4.76. The van der Waals surface area contributed by atoms with Crippen LogP contribution in [-0.4, -0.2) is 8.24 Å². The molecule has 0 aromatic rings. The zero-order valence-electron chi connectivity index (χ0n) is 4.36. The van der Waals surface area contributed by atoms with Gasteiger partial charge in [-0.2, -0.15) is 0 Å². The third-order valence-corrected chi connectivity index (χ3v) is 3.98. The van der Waals surface area contributed by atoms with E-state index >= 15 is 0 Å². The number of alkyl halides is 3. The molecule has 0 heterocycles. The topological polar surface area (TPSA) is 17.1 Å². The third kappa shape index (κ3) is 9.24. The maximum Gasteiger partial charge on any atom is 0.247 e. The van der Waals surface area contributed by atoms with Gasteiger partial charge in [0.15, 0.2) is 5.12 Å². The van der Waals surface area contributed by atoms with Crippen LogP contribution in [0, 0.1) is 0 Å². The molecule has 0 rings (SSSR count). The molecule has 0 bridgehead atoms. The highest BCUT2D eigenvalue weighted by molar-refractivity contribution is 8.83. The van der Waals surface area contributed by atoms with Crippen molar-refractivity contribution in [3.8, 4) is 0 Å². The Bertz CT molecular complexity index is 110. The SMILES string of the molecule is CC(=O)SSC(Cl)(Cl)Cl. The van der Waals surface area contributed by atoms with Crippen molar-refractivity contribution in [3.05, 3.63) is 0 Å². The summed E-state index contributed by atoms with van der Waals surface area (Å²) in [7, 11) is 1.83. The van der Waals surface area contributed by atoms with E-state index in [0.29, 0.717) is 0 Å². The predicted octanol–water partition coefficient (Wildman–Crippen LogP) is 3.24. The van der Waals surface area contributed by atoms with E-state index < -0.39 is 3.12 Å². The molecule has 1 nitrogen and oxygen atoms in total. The van der Waals surface area contributed by atoms with E-state index in [-0.39, 0.29) is 5.12 Å². The number of halogens is 3. The fourth-order valence-corrected chi connectivity index (χ4v) is 1.80. The zero-order chi connectivity index (χ0) is 7.49. The highest BCUT2D eigenvalue weighted by Crippen LogP contribution is 2.45. The first-order valence-corrected chi connectivity index (χ1v) is 5.13. The van der Waals surface area contributed by atoms with Gasteiger partial charge in [-0.25, -0.2) is 0 Å². The summed E-state index contributed by atoms with van der Waals surface area (Å²) in [5.74, 6) is 0. The summed E-state index contributed by atoms with van der Waals surface area (Å²) in [4.78, 5) is 10.3. The largest absolute Gasteiger partial charge is 0.287 e. The molecule has 0 aliphatic heterocycles. The average molecular weight is 226 g/mol. The number of rotatable bonds is 1. The predicted molar refractivity (Wildman–Crippen MR) is 46.2 cm³/mol. The quantitative estimate of drug-likeness (QED) is 0.504. The van der Waals surface area contributed by atoms with Crippen LogP contribution >= 0.6 is 56.4 Å². The number of carbonyl (C=O) groups excluding carboxylic acids is 1. The van der Waals surface area contributed by atoms with Crippen molar-refractivity contribution in [3.63, 3.8) is 0 Å². The second kappa shape index (κ2) is 4.19. The third-order valence-electron chi connectivity index (χ3n) is 0.254. The molecule has 0 atom stereocenters. The van der Waals surface area contributed by atoms with Crippen LogP contribution in [0.3, 0.4) is 0 Å². The van der Waals surface area contributed by atoms with Gasteiger partial charge in [0, 0.05) is 6.92 Å². The number of carbonyl (C=O) groups is 1. The van der Waals surface area contributed by atoms with E-state index in [1.165, 1.54) is 6.92 Å². The number of hydrogen-bond acceptors (Lipinski definition) is 3. The van der Waals surface area contributed by atoms with E-state index in [0.717, 1.165) is 21.6 Å². The van der Waals surface area contributed by atoms with E-state index in [9.17, 15) is 4.79 Å². The van der Waals surface area contributed by atoms with E-state index in [1.54, 1.807) is 0 Å². The molecule has 0 fully saturated rings. The molecule has 0 saturated heterocycles. The first kappa shape index (κ1) is 10.2. The molecule has 9 heavy (non-hydrogen) atoms. The maximum absolute atomic E-state index is 10.3. The lowest BCUT2D eigenvalue weighted by molar-refractivity contribution is -0.109. The Morgan fingerprint density at radius 3 is 2.00 bits per heavy atom. The molecule has 0 aliphatic carbocycles. The molecule has 0 amide bonds. The molecule has 0 N–H and O–H groups in total. The molecule has 0 unspecified atom stereocenters.